The first-order valence-corrected chi connectivity index (χ1v) is 10.1. The number of amides is 2. The van der Waals surface area contributed by atoms with Gasteiger partial charge in [-0.1, -0.05) is 39.3 Å². The fourth-order valence-electron chi connectivity index (χ4n) is 3.62. The maximum Gasteiger partial charge on any atom is 0.227 e. The molecule has 0 spiro atoms. The van der Waals surface area contributed by atoms with Crippen LogP contribution >= 0.6 is 0 Å². The number of anilines is 1. The van der Waals surface area contributed by atoms with Crippen molar-refractivity contribution in [2.24, 2.45) is 11.8 Å². The Bertz CT molecular complexity index is 587. The van der Waals surface area contributed by atoms with E-state index in [1.807, 2.05) is 24.1 Å². The Morgan fingerprint density at radius 2 is 1.65 bits per heavy atom. The van der Waals surface area contributed by atoms with Gasteiger partial charge in [-0.05, 0) is 55.7 Å². The highest BCUT2D eigenvalue weighted by Crippen LogP contribution is 2.31. The Morgan fingerprint density at radius 1 is 1.08 bits per heavy atom. The van der Waals surface area contributed by atoms with Gasteiger partial charge in [0.15, 0.2) is 0 Å². The molecule has 26 heavy (non-hydrogen) atoms. The van der Waals surface area contributed by atoms with Crippen LogP contribution in [0.25, 0.3) is 0 Å². The first kappa shape index (κ1) is 20.5. The lowest BCUT2D eigenvalue weighted by Gasteiger charge is -2.30. The molecule has 0 aliphatic heterocycles. The molecule has 0 radical (unpaired) electrons. The summed E-state index contributed by atoms with van der Waals surface area (Å²) in [6, 6.07) is 8.10. The second-order valence-electron chi connectivity index (χ2n) is 7.93. The van der Waals surface area contributed by atoms with Gasteiger partial charge in [-0.25, -0.2) is 0 Å². The van der Waals surface area contributed by atoms with Gasteiger partial charge in [-0.15, -0.1) is 0 Å². The van der Waals surface area contributed by atoms with Gasteiger partial charge < -0.3 is 10.2 Å². The van der Waals surface area contributed by atoms with Gasteiger partial charge in [0.2, 0.25) is 11.8 Å². The van der Waals surface area contributed by atoms with Crippen LogP contribution in [0.4, 0.5) is 5.69 Å². The Balaban J connectivity index is 1.81. The van der Waals surface area contributed by atoms with Crippen LogP contribution in [0.2, 0.25) is 0 Å². The number of nitrogens with one attached hydrogen (secondary N) is 1. The van der Waals surface area contributed by atoms with Gasteiger partial charge in [-0.2, -0.15) is 0 Å². The van der Waals surface area contributed by atoms with E-state index in [9.17, 15) is 9.59 Å². The van der Waals surface area contributed by atoms with Gasteiger partial charge >= 0.3 is 0 Å². The molecule has 0 aromatic heterocycles. The molecule has 4 nitrogen and oxygen atoms in total. The number of carbonyl (C=O) groups excluding carboxylic acids is 2. The molecule has 1 aliphatic carbocycles. The van der Waals surface area contributed by atoms with E-state index in [-0.39, 0.29) is 23.7 Å². The van der Waals surface area contributed by atoms with E-state index in [4.69, 9.17) is 0 Å². The minimum atomic E-state index is 0.0183. The maximum absolute atomic E-state index is 12.5. The Hall–Kier alpha value is -1.84. The third-order valence-corrected chi connectivity index (χ3v) is 5.52. The lowest BCUT2D eigenvalue weighted by atomic mass is 9.81. The summed E-state index contributed by atoms with van der Waals surface area (Å²) in [6.45, 7) is 7.29. The third-order valence-electron chi connectivity index (χ3n) is 5.52. The molecule has 1 saturated carbocycles. The van der Waals surface area contributed by atoms with Crippen molar-refractivity contribution >= 4 is 17.5 Å². The number of hydrogen-bond donors (Lipinski definition) is 1. The minimum absolute atomic E-state index is 0.0183. The summed E-state index contributed by atoms with van der Waals surface area (Å²) < 4.78 is 0. The largest absolute Gasteiger partial charge is 0.346 e. The van der Waals surface area contributed by atoms with Crippen LogP contribution < -0.4 is 5.32 Å². The second-order valence-corrected chi connectivity index (χ2v) is 7.93. The Morgan fingerprint density at radius 3 is 2.19 bits per heavy atom. The van der Waals surface area contributed by atoms with Gasteiger partial charge in [0.05, 0.1) is 0 Å². The van der Waals surface area contributed by atoms with Gasteiger partial charge in [0, 0.05) is 31.1 Å². The zero-order valence-electron chi connectivity index (χ0n) is 16.8. The molecule has 0 atom stereocenters. The molecule has 1 aliphatic rings. The van der Waals surface area contributed by atoms with E-state index in [0.29, 0.717) is 5.92 Å². The van der Waals surface area contributed by atoms with Crippen LogP contribution in [0, 0.1) is 11.8 Å². The quantitative estimate of drug-likeness (QED) is 0.760. The van der Waals surface area contributed by atoms with Crippen molar-refractivity contribution in [3.63, 3.8) is 0 Å². The van der Waals surface area contributed by atoms with Gasteiger partial charge in [-0.3, -0.25) is 9.59 Å². The Labute approximate surface area is 158 Å². The molecule has 0 unspecified atom stereocenters. The standard InChI is InChI=1S/C22H34N2O2/c1-5-6-15-24(4)22(26)19-9-7-18(8-10-19)21(25)23-20-13-11-17(12-14-20)16(2)3/h11-14,16,18-19H,5-10,15H2,1-4H3,(H,23,25). The molecule has 4 heteroatoms. The van der Waals surface area contributed by atoms with Crippen LogP contribution in [0.1, 0.15) is 70.8 Å². The molecule has 0 bridgehead atoms. The number of nitrogens with zero attached hydrogens (tertiary/aromatic N) is 1. The van der Waals surface area contributed by atoms with E-state index in [1.165, 1.54) is 5.56 Å². The molecule has 1 aromatic rings. The highest BCUT2D eigenvalue weighted by Gasteiger charge is 2.31. The summed E-state index contributed by atoms with van der Waals surface area (Å²) in [4.78, 5) is 26.9. The molecular formula is C22H34N2O2. The van der Waals surface area contributed by atoms with E-state index in [1.54, 1.807) is 0 Å². The van der Waals surface area contributed by atoms with Crippen LogP contribution in [0.15, 0.2) is 24.3 Å². The van der Waals surface area contributed by atoms with Crippen molar-refractivity contribution in [3.05, 3.63) is 29.8 Å². The summed E-state index contributed by atoms with van der Waals surface area (Å²) in [5.74, 6) is 0.938. The number of unbranched alkanes of at least 4 members (excludes halogenated alkanes) is 1. The molecule has 2 rings (SSSR count). The fourth-order valence-corrected chi connectivity index (χ4v) is 3.62. The molecule has 144 valence electrons. The summed E-state index contributed by atoms with van der Waals surface area (Å²) in [5.41, 5.74) is 2.13. The van der Waals surface area contributed by atoms with Crippen molar-refractivity contribution in [2.75, 3.05) is 18.9 Å². The zero-order chi connectivity index (χ0) is 19.1. The SMILES string of the molecule is CCCCN(C)C(=O)C1CCC(C(=O)Nc2ccc(C(C)C)cc2)CC1. The number of carbonyl (C=O) groups is 2. The van der Waals surface area contributed by atoms with Crippen LogP contribution in [0.5, 0.6) is 0 Å². The number of hydrogen-bond acceptors (Lipinski definition) is 2. The first-order chi connectivity index (χ1) is 12.4. The third kappa shape index (κ3) is 5.58. The zero-order valence-corrected chi connectivity index (χ0v) is 16.8. The first-order valence-electron chi connectivity index (χ1n) is 10.1. The Kier molecular flexibility index (Phi) is 7.67. The molecule has 2 amide bonds. The van der Waals surface area contributed by atoms with E-state index >= 15 is 0 Å². The lowest BCUT2D eigenvalue weighted by molar-refractivity contribution is -0.136. The summed E-state index contributed by atoms with van der Waals surface area (Å²) in [6.07, 6.45) is 5.39. The molecule has 0 heterocycles. The van der Waals surface area contributed by atoms with Crippen LogP contribution in [0.3, 0.4) is 0 Å². The topological polar surface area (TPSA) is 49.4 Å². The average Bonchev–Trinajstić information content (AvgIpc) is 2.66. The monoisotopic (exact) mass is 358 g/mol. The molecule has 0 saturated heterocycles. The van der Waals surface area contributed by atoms with E-state index < -0.39 is 0 Å². The predicted octanol–water partition coefficient (Wildman–Crippen LogP) is 4.81. The van der Waals surface area contributed by atoms with E-state index in [0.717, 1.165) is 50.8 Å². The summed E-state index contributed by atoms with van der Waals surface area (Å²) >= 11 is 0. The normalized spacial score (nSPS) is 20.0. The van der Waals surface area contributed by atoms with Crippen molar-refractivity contribution in [2.45, 2.75) is 65.2 Å². The molecule has 1 fully saturated rings. The fraction of sp³-hybridized carbons (Fsp3) is 0.636. The summed E-state index contributed by atoms with van der Waals surface area (Å²) in [5, 5.41) is 3.04. The predicted molar refractivity (Wildman–Crippen MR) is 107 cm³/mol. The van der Waals surface area contributed by atoms with Crippen LogP contribution in [-0.2, 0) is 9.59 Å². The lowest BCUT2D eigenvalue weighted by Crippen LogP contribution is -2.37. The molecule has 1 aromatic carbocycles. The second kappa shape index (κ2) is 9.75. The van der Waals surface area contributed by atoms with Crippen molar-refractivity contribution in [1.82, 2.24) is 4.90 Å². The highest BCUT2D eigenvalue weighted by atomic mass is 16.2. The smallest absolute Gasteiger partial charge is 0.227 e. The number of rotatable bonds is 7. The van der Waals surface area contributed by atoms with Crippen molar-refractivity contribution in [3.8, 4) is 0 Å². The number of benzene rings is 1. The van der Waals surface area contributed by atoms with E-state index in [2.05, 4.69) is 38.2 Å². The molecule has 1 N–H and O–H groups in total. The van der Waals surface area contributed by atoms with Crippen molar-refractivity contribution in [1.29, 1.82) is 0 Å². The average molecular weight is 359 g/mol. The minimum Gasteiger partial charge on any atom is -0.346 e. The van der Waals surface area contributed by atoms with Crippen LogP contribution in [-0.4, -0.2) is 30.3 Å². The highest BCUT2D eigenvalue weighted by molar-refractivity contribution is 5.92. The van der Waals surface area contributed by atoms with Crippen molar-refractivity contribution < 1.29 is 9.59 Å². The molecular weight excluding hydrogens is 324 g/mol. The van der Waals surface area contributed by atoms with Gasteiger partial charge in [0.25, 0.3) is 0 Å². The summed E-state index contributed by atoms with van der Waals surface area (Å²) in [7, 11) is 1.90. The van der Waals surface area contributed by atoms with Gasteiger partial charge in [0.1, 0.15) is 0 Å². The maximum atomic E-state index is 12.5.